The maximum atomic E-state index is 11.6. The van der Waals surface area contributed by atoms with Crippen molar-refractivity contribution in [1.82, 2.24) is 15.1 Å². The molecule has 0 amide bonds. The Morgan fingerprint density at radius 1 is 1.26 bits per heavy atom. The van der Waals surface area contributed by atoms with Crippen molar-refractivity contribution in [2.75, 3.05) is 18.0 Å². The number of anilines is 1. The zero-order valence-electron chi connectivity index (χ0n) is 14.6. The van der Waals surface area contributed by atoms with Gasteiger partial charge >= 0.3 is 0 Å². The normalized spacial score (nSPS) is 14.2. The molecule has 8 heteroatoms. The van der Waals surface area contributed by atoms with Gasteiger partial charge in [0.2, 0.25) is 0 Å². The van der Waals surface area contributed by atoms with Crippen LogP contribution in [0.2, 0.25) is 0 Å². The second-order valence-electron chi connectivity index (χ2n) is 6.32. The zero-order chi connectivity index (χ0) is 19.0. The van der Waals surface area contributed by atoms with E-state index in [0.717, 1.165) is 0 Å². The maximum absolute atomic E-state index is 11.6. The Kier molecular flexibility index (Phi) is 4.02. The van der Waals surface area contributed by atoms with E-state index in [1.54, 1.807) is 13.0 Å². The van der Waals surface area contributed by atoms with Crippen LogP contribution in [0.25, 0.3) is 27.2 Å². The lowest BCUT2D eigenvalue weighted by molar-refractivity contribution is -0.119. The van der Waals surface area contributed by atoms with E-state index in [2.05, 4.69) is 21.1 Å². The highest BCUT2D eigenvalue weighted by Gasteiger charge is 2.24. The van der Waals surface area contributed by atoms with Crippen LogP contribution in [0.3, 0.4) is 0 Å². The van der Waals surface area contributed by atoms with E-state index in [1.807, 2.05) is 11.0 Å². The van der Waals surface area contributed by atoms with Gasteiger partial charge in [0.1, 0.15) is 17.7 Å². The molecule has 3 aromatic rings. The van der Waals surface area contributed by atoms with Gasteiger partial charge in [0.15, 0.2) is 11.5 Å². The highest BCUT2D eigenvalue weighted by molar-refractivity contribution is 5.94. The number of Topliss-reactive ketones (excluding diaryl/α,β-unsaturated/α-hetero) is 1. The number of carbonyl (C=O) groups excluding carboxylic acids is 1. The molecule has 0 radical (unpaired) electrons. The largest absolute Gasteiger partial charge is 0.355 e. The minimum atomic E-state index is 0.224. The Labute approximate surface area is 154 Å². The lowest BCUT2D eigenvalue weighted by Gasteiger charge is -2.28. The Bertz CT molecular complexity index is 1140. The van der Waals surface area contributed by atoms with E-state index >= 15 is 0 Å². The molecule has 0 aliphatic carbocycles. The molecular formula is C19H14N6O2. The minimum absolute atomic E-state index is 0.224. The van der Waals surface area contributed by atoms with Gasteiger partial charge in [0.25, 0.3) is 5.89 Å². The summed E-state index contributed by atoms with van der Waals surface area (Å²) in [5.74, 6) is 1.64. The molecule has 1 aliphatic heterocycles. The van der Waals surface area contributed by atoms with Gasteiger partial charge in [-0.25, -0.2) is 9.83 Å². The molecule has 1 aromatic carbocycles. The van der Waals surface area contributed by atoms with Crippen LogP contribution < -0.4 is 4.90 Å². The molecule has 4 rings (SSSR count). The second-order valence-corrected chi connectivity index (χ2v) is 6.32. The summed E-state index contributed by atoms with van der Waals surface area (Å²) in [5.41, 5.74) is 1.84. The van der Waals surface area contributed by atoms with Crippen molar-refractivity contribution in [1.29, 1.82) is 5.26 Å². The summed E-state index contributed by atoms with van der Waals surface area (Å²) in [6.45, 7) is 10.1. The van der Waals surface area contributed by atoms with Crippen LogP contribution in [0.5, 0.6) is 0 Å². The van der Waals surface area contributed by atoms with Crippen LogP contribution in [-0.4, -0.2) is 34.0 Å². The monoisotopic (exact) mass is 358 g/mol. The Balaban J connectivity index is 1.97. The number of nitriles is 1. The lowest BCUT2D eigenvalue weighted by atomic mass is 10.0. The van der Waals surface area contributed by atoms with Crippen molar-refractivity contribution in [2.45, 2.75) is 19.8 Å². The van der Waals surface area contributed by atoms with Gasteiger partial charge in [-0.1, -0.05) is 5.16 Å². The molecule has 8 nitrogen and oxygen atoms in total. The number of piperidine rings is 1. The van der Waals surface area contributed by atoms with Crippen molar-refractivity contribution in [3.8, 4) is 17.5 Å². The van der Waals surface area contributed by atoms with Gasteiger partial charge in [-0.05, 0) is 30.5 Å². The Morgan fingerprint density at radius 3 is 2.67 bits per heavy atom. The van der Waals surface area contributed by atoms with E-state index in [0.29, 0.717) is 71.2 Å². The number of benzene rings is 1. The molecule has 1 aliphatic rings. The maximum Gasteiger partial charge on any atom is 0.261 e. The van der Waals surface area contributed by atoms with Gasteiger partial charge < -0.3 is 9.42 Å². The van der Waals surface area contributed by atoms with Crippen LogP contribution in [0.1, 0.15) is 24.2 Å². The quantitative estimate of drug-likeness (QED) is 0.648. The first-order chi connectivity index (χ1) is 13.1. The molecule has 1 saturated heterocycles. The van der Waals surface area contributed by atoms with Crippen molar-refractivity contribution >= 4 is 28.2 Å². The van der Waals surface area contributed by atoms with E-state index in [9.17, 15) is 10.1 Å². The number of pyridine rings is 1. The highest BCUT2D eigenvalue weighted by atomic mass is 16.5. The molecule has 27 heavy (non-hydrogen) atoms. The van der Waals surface area contributed by atoms with Crippen LogP contribution in [0.4, 0.5) is 11.5 Å². The van der Waals surface area contributed by atoms with Gasteiger partial charge in [0.05, 0.1) is 23.2 Å². The average molecular weight is 358 g/mol. The third-order valence-electron chi connectivity index (χ3n) is 4.51. The fraction of sp³-hybridized carbons (Fsp3) is 0.263. The number of rotatable bonds is 2. The van der Waals surface area contributed by atoms with Gasteiger partial charge in [-0.15, -0.1) is 0 Å². The van der Waals surface area contributed by atoms with Crippen LogP contribution in [0, 0.1) is 24.8 Å². The number of nitrogens with zero attached hydrogens (tertiary/aromatic N) is 6. The second kappa shape index (κ2) is 6.50. The zero-order valence-corrected chi connectivity index (χ0v) is 14.6. The van der Waals surface area contributed by atoms with Crippen molar-refractivity contribution in [2.24, 2.45) is 0 Å². The summed E-state index contributed by atoms with van der Waals surface area (Å²) in [7, 11) is 0. The lowest BCUT2D eigenvalue weighted by Crippen LogP contribution is -2.34. The first-order valence-corrected chi connectivity index (χ1v) is 8.42. The number of fused-ring (bicyclic) bond motifs is 1. The molecular weight excluding hydrogens is 344 g/mol. The number of hydrogen-bond donors (Lipinski definition) is 0. The number of ketones is 1. The first-order valence-electron chi connectivity index (χ1n) is 8.42. The fourth-order valence-electron chi connectivity index (χ4n) is 3.18. The smallest absolute Gasteiger partial charge is 0.261 e. The molecule has 1 fully saturated rings. The van der Waals surface area contributed by atoms with Gasteiger partial charge in [-0.2, -0.15) is 10.2 Å². The molecule has 0 N–H and O–H groups in total. The van der Waals surface area contributed by atoms with Crippen molar-refractivity contribution in [3.63, 3.8) is 0 Å². The topological polar surface area (TPSA) is 100 Å². The molecule has 0 atom stereocenters. The Morgan fingerprint density at radius 2 is 2.04 bits per heavy atom. The van der Waals surface area contributed by atoms with E-state index in [-0.39, 0.29) is 5.78 Å². The predicted molar refractivity (Wildman–Crippen MR) is 97.2 cm³/mol. The number of aromatic nitrogens is 3. The minimum Gasteiger partial charge on any atom is -0.355 e. The summed E-state index contributed by atoms with van der Waals surface area (Å²) < 4.78 is 5.34. The molecule has 3 heterocycles. The predicted octanol–water partition coefficient (Wildman–Crippen LogP) is 3.18. The summed E-state index contributed by atoms with van der Waals surface area (Å²) in [4.78, 5) is 26.1. The standard InChI is InChI=1S/C19H14N6O2/c1-11-22-19(27-24-11)16-9-12-7-14(21-2)8-13(10-20)17(12)23-18(16)25-5-3-15(26)4-6-25/h7-9H,3-6H2,1H3. The highest BCUT2D eigenvalue weighted by Crippen LogP contribution is 2.35. The molecule has 0 saturated carbocycles. The number of carbonyl (C=O) groups is 1. The first kappa shape index (κ1) is 16.7. The molecule has 0 bridgehead atoms. The molecule has 132 valence electrons. The van der Waals surface area contributed by atoms with Gasteiger partial charge in [-0.3, -0.25) is 4.79 Å². The van der Waals surface area contributed by atoms with Gasteiger partial charge in [0, 0.05) is 25.9 Å². The van der Waals surface area contributed by atoms with Crippen LogP contribution in [0.15, 0.2) is 22.7 Å². The number of hydrogen-bond acceptors (Lipinski definition) is 7. The summed E-state index contributed by atoms with van der Waals surface area (Å²) in [6, 6.07) is 7.15. The third-order valence-corrected chi connectivity index (χ3v) is 4.51. The van der Waals surface area contributed by atoms with Crippen LogP contribution in [-0.2, 0) is 4.79 Å². The summed E-state index contributed by atoms with van der Waals surface area (Å²) >= 11 is 0. The third kappa shape index (κ3) is 2.98. The van der Waals surface area contributed by atoms with E-state index in [4.69, 9.17) is 16.1 Å². The fourth-order valence-corrected chi connectivity index (χ4v) is 3.18. The number of aryl methyl sites for hydroxylation is 1. The van der Waals surface area contributed by atoms with Crippen LogP contribution >= 0.6 is 0 Å². The van der Waals surface area contributed by atoms with Crippen molar-refractivity contribution in [3.05, 3.63) is 41.0 Å². The SMILES string of the molecule is [C-]#[N+]c1cc(C#N)c2nc(N3CCC(=O)CC3)c(-c3nc(C)no3)cc2c1. The molecule has 0 unspecified atom stereocenters. The summed E-state index contributed by atoms with van der Waals surface area (Å²) in [5, 5.41) is 14.0. The summed E-state index contributed by atoms with van der Waals surface area (Å²) in [6.07, 6.45) is 0.896. The van der Waals surface area contributed by atoms with E-state index in [1.165, 1.54) is 6.07 Å². The van der Waals surface area contributed by atoms with E-state index < -0.39 is 0 Å². The average Bonchev–Trinajstić information content (AvgIpc) is 3.13. The Hall–Kier alpha value is -3.78. The molecule has 0 spiro atoms. The van der Waals surface area contributed by atoms with Crippen molar-refractivity contribution < 1.29 is 9.32 Å². The molecule has 2 aromatic heterocycles.